The normalized spacial score (nSPS) is 12.1. The standard InChI is InChI=1S/C16H15N3O3S3/c1-8-13(16(21)22)25-14(18-8)9(2)17-12(20)6-10-7-24-15(19-10)11-4-3-5-23-11/h3-5,7,9H,6H2,1-2H3,(H,17,20)(H,21,22). The molecule has 3 aromatic heterocycles. The van der Waals surface area contributed by atoms with Gasteiger partial charge in [-0.1, -0.05) is 6.07 Å². The van der Waals surface area contributed by atoms with E-state index in [1.54, 1.807) is 25.2 Å². The number of hydrogen-bond donors (Lipinski definition) is 2. The second-order valence-electron chi connectivity index (χ2n) is 5.36. The summed E-state index contributed by atoms with van der Waals surface area (Å²) in [5.74, 6) is -1.16. The third kappa shape index (κ3) is 4.12. The van der Waals surface area contributed by atoms with Gasteiger partial charge < -0.3 is 10.4 Å². The zero-order valence-corrected chi connectivity index (χ0v) is 15.9. The minimum absolute atomic E-state index is 0.166. The predicted molar refractivity (Wildman–Crippen MR) is 99.5 cm³/mol. The number of carboxylic acid groups (broad SMARTS) is 1. The molecule has 0 fully saturated rings. The van der Waals surface area contributed by atoms with Crippen molar-refractivity contribution >= 4 is 45.9 Å². The molecule has 0 spiro atoms. The van der Waals surface area contributed by atoms with Gasteiger partial charge in [-0.05, 0) is 25.3 Å². The van der Waals surface area contributed by atoms with Gasteiger partial charge in [0.05, 0.1) is 28.7 Å². The Labute approximate surface area is 156 Å². The van der Waals surface area contributed by atoms with Crippen molar-refractivity contribution in [3.8, 4) is 9.88 Å². The third-order valence-corrected chi connectivity index (χ3v) is 6.64. The Morgan fingerprint density at radius 2 is 2.12 bits per heavy atom. The predicted octanol–water partition coefficient (Wildman–Crippen LogP) is 3.75. The minimum Gasteiger partial charge on any atom is -0.477 e. The van der Waals surface area contributed by atoms with E-state index in [1.807, 2.05) is 22.9 Å². The molecule has 0 aliphatic heterocycles. The lowest BCUT2D eigenvalue weighted by Gasteiger charge is -2.10. The van der Waals surface area contributed by atoms with E-state index in [0.29, 0.717) is 10.7 Å². The van der Waals surface area contributed by atoms with Crippen LogP contribution in [-0.2, 0) is 11.2 Å². The lowest BCUT2D eigenvalue weighted by atomic mass is 10.3. The number of hydrogen-bond acceptors (Lipinski definition) is 7. The fourth-order valence-electron chi connectivity index (χ4n) is 2.22. The fraction of sp³-hybridized carbons (Fsp3) is 0.250. The SMILES string of the molecule is Cc1nc(C(C)NC(=O)Cc2csc(-c3cccs3)n2)sc1C(=O)O. The molecule has 0 saturated heterocycles. The highest BCUT2D eigenvalue weighted by molar-refractivity contribution is 7.20. The molecule has 0 aromatic carbocycles. The van der Waals surface area contributed by atoms with Crippen molar-refractivity contribution in [1.29, 1.82) is 0 Å². The van der Waals surface area contributed by atoms with Gasteiger partial charge in [0.15, 0.2) is 0 Å². The molecule has 1 atom stereocenters. The van der Waals surface area contributed by atoms with Crippen LogP contribution in [0.1, 0.15) is 39.0 Å². The van der Waals surface area contributed by atoms with Crippen LogP contribution < -0.4 is 5.32 Å². The minimum atomic E-state index is -0.997. The summed E-state index contributed by atoms with van der Waals surface area (Å²) in [5, 5.41) is 17.3. The van der Waals surface area contributed by atoms with Crippen molar-refractivity contribution in [2.24, 2.45) is 0 Å². The molecule has 0 bridgehead atoms. The second kappa shape index (κ2) is 7.42. The Morgan fingerprint density at radius 3 is 2.76 bits per heavy atom. The first-order valence-electron chi connectivity index (χ1n) is 7.42. The Hall–Kier alpha value is -2.10. The maximum Gasteiger partial charge on any atom is 0.347 e. The van der Waals surface area contributed by atoms with Gasteiger partial charge in [0.25, 0.3) is 0 Å². The van der Waals surface area contributed by atoms with Gasteiger partial charge in [0, 0.05) is 5.38 Å². The molecule has 2 N–H and O–H groups in total. The summed E-state index contributed by atoms with van der Waals surface area (Å²) < 4.78 is 0. The summed E-state index contributed by atoms with van der Waals surface area (Å²) in [5.41, 5.74) is 1.19. The number of aryl methyl sites for hydroxylation is 1. The van der Waals surface area contributed by atoms with Crippen LogP contribution in [0.15, 0.2) is 22.9 Å². The molecule has 3 heterocycles. The maximum absolute atomic E-state index is 12.2. The average molecular weight is 394 g/mol. The quantitative estimate of drug-likeness (QED) is 0.665. The molecule has 1 amide bonds. The molecule has 6 nitrogen and oxygen atoms in total. The van der Waals surface area contributed by atoms with E-state index in [4.69, 9.17) is 5.11 Å². The molecule has 0 radical (unpaired) electrons. The van der Waals surface area contributed by atoms with Crippen LogP contribution in [0.2, 0.25) is 0 Å². The topological polar surface area (TPSA) is 92.2 Å². The third-order valence-electron chi connectivity index (χ3n) is 3.38. The summed E-state index contributed by atoms with van der Waals surface area (Å²) in [7, 11) is 0. The molecule has 9 heteroatoms. The first-order valence-corrected chi connectivity index (χ1v) is 10.00. The van der Waals surface area contributed by atoms with Crippen LogP contribution in [0.25, 0.3) is 9.88 Å². The number of thiophene rings is 1. The molecule has 1 unspecified atom stereocenters. The van der Waals surface area contributed by atoms with Crippen molar-refractivity contribution < 1.29 is 14.7 Å². The van der Waals surface area contributed by atoms with Crippen molar-refractivity contribution in [1.82, 2.24) is 15.3 Å². The van der Waals surface area contributed by atoms with Gasteiger partial charge in [-0.3, -0.25) is 4.79 Å². The fourth-order valence-corrected chi connectivity index (χ4v) is 4.76. The molecule has 3 aromatic rings. The van der Waals surface area contributed by atoms with E-state index < -0.39 is 5.97 Å². The van der Waals surface area contributed by atoms with E-state index in [2.05, 4.69) is 15.3 Å². The number of nitrogens with one attached hydrogen (secondary N) is 1. The number of nitrogens with zero attached hydrogens (tertiary/aromatic N) is 2. The molecule has 25 heavy (non-hydrogen) atoms. The number of carbonyl (C=O) groups excluding carboxylic acids is 1. The summed E-state index contributed by atoms with van der Waals surface area (Å²) in [6.07, 6.45) is 0.183. The monoisotopic (exact) mass is 393 g/mol. The number of carbonyl (C=O) groups is 2. The van der Waals surface area contributed by atoms with E-state index in [0.717, 1.165) is 26.9 Å². The molecule has 0 aliphatic rings. The number of carboxylic acids is 1. The van der Waals surface area contributed by atoms with Gasteiger partial charge in [0.1, 0.15) is 14.9 Å². The van der Waals surface area contributed by atoms with Crippen LogP contribution in [0, 0.1) is 6.92 Å². The van der Waals surface area contributed by atoms with Crippen LogP contribution in [0.5, 0.6) is 0 Å². The van der Waals surface area contributed by atoms with Gasteiger partial charge in [-0.25, -0.2) is 14.8 Å². The molecular formula is C16H15N3O3S3. The largest absolute Gasteiger partial charge is 0.477 e. The van der Waals surface area contributed by atoms with Gasteiger partial charge >= 0.3 is 5.97 Å². The summed E-state index contributed by atoms with van der Waals surface area (Å²) in [6, 6.07) is 3.62. The zero-order chi connectivity index (χ0) is 18.0. The van der Waals surface area contributed by atoms with Crippen LogP contribution in [0.4, 0.5) is 0 Å². The highest BCUT2D eigenvalue weighted by atomic mass is 32.1. The Kier molecular flexibility index (Phi) is 5.26. The van der Waals surface area contributed by atoms with Crippen LogP contribution >= 0.6 is 34.0 Å². The summed E-state index contributed by atoms with van der Waals surface area (Å²) >= 11 is 4.22. The van der Waals surface area contributed by atoms with Gasteiger partial charge in [-0.2, -0.15) is 0 Å². The first kappa shape index (κ1) is 17.7. The number of aromatic nitrogens is 2. The number of aromatic carboxylic acids is 1. The van der Waals surface area contributed by atoms with Crippen molar-refractivity contribution in [2.45, 2.75) is 26.3 Å². The highest BCUT2D eigenvalue weighted by Crippen LogP contribution is 2.28. The number of amides is 1. The van der Waals surface area contributed by atoms with Crippen molar-refractivity contribution in [3.63, 3.8) is 0 Å². The van der Waals surface area contributed by atoms with Crippen LogP contribution in [0.3, 0.4) is 0 Å². The van der Waals surface area contributed by atoms with E-state index in [1.165, 1.54) is 11.3 Å². The van der Waals surface area contributed by atoms with Crippen molar-refractivity contribution in [2.75, 3.05) is 0 Å². The second-order valence-corrected chi connectivity index (χ2v) is 8.20. The first-order chi connectivity index (χ1) is 11.9. The molecular weight excluding hydrogens is 378 g/mol. The lowest BCUT2D eigenvalue weighted by molar-refractivity contribution is -0.121. The Balaban J connectivity index is 1.62. The smallest absolute Gasteiger partial charge is 0.347 e. The number of rotatable bonds is 6. The Morgan fingerprint density at radius 1 is 1.32 bits per heavy atom. The average Bonchev–Trinajstić information content (AvgIpc) is 3.25. The molecule has 3 rings (SSSR count). The lowest BCUT2D eigenvalue weighted by Crippen LogP contribution is -2.28. The zero-order valence-electron chi connectivity index (χ0n) is 13.5. The molecule has 0 saturated carbocycles. The van der Waals surface area contributed by atoms with E-state index in [9.17, 15) is 9.59 Å². The van der Waals surface area contributed by atoms with Gasteiger partial charge in [0.2, 0.25) is 5.91 Å². The van der Waals surface area contributed by atoms with E-state index in [-0.39, 0.29) is 23.2 Å². The maximum atomic E-state index is 12.2. The van der Waals surface area contributed by atoms with E-state index >= 15 is 0 Å². The van der Waals surface area contributed by atoms with Crippen molar-refractivity contribution in [3.05, 3.63) is 44.2 Å². The Bertz CT molecular complexity index is 899. The number of thiazole rings is 2. The summed E-state index contributed by atoms with van der Waals surface area (Å²) in [6.45, 7) is 3.44. The summed E-state index contributed by atoms with van der Waals surface area (Å²) in [4.78, 5) is 33.4. The highest BCUT2D eigenvalue weighted by Gasteiger charge is 2.19. The van der Waals surface area contributed by atoms with Crippen LogP contribution in [-0.4, -0.2) is 27.0 Å². The molecule has 130 valence electrons. The molecule has 0 aliphatic carbocycles. The van der Waals surface area contributed by atoms with Gasteiger partial charge in [-0.15, -0.1) is 34.0 Å².